The number of alkyl carbamates (subject to hydrolysis) is 2. The Kier molecular flexibility index (Phi) is 15.5. The minimum absolute atomic E-state index is 0.0168. The second kappa shape index (κ2) is 19.4. The fourth-order valence-electron chi connectivity index (χ4n) is 5.81. The highest BCUT2D eigenvalue weighted by Crippen LogP contribution is 2.29. The normalized spacial score (nSPS) is 14.1. The van der Waals surface area contributed by atoms with Crippen LogP contribution in [0.25, 0.3) is 0 Å². The van der Waals surface area contributed by atoms with Crippen LogP contribution in [0.4, 0.5) is 26.7 Å². The molecule has 0 spiro atoms. The smallest absolute Gasteiger partial charge is 0.407 e. The first kappa shape index (κ1) is 47.3. The highest BCUT2D eigenvalue weighted by atomic mass is 35.5. The van der Waals surface area contributed by atoms with Crippen molar-refractivity contribution in [2.45, 2.75) is 70.2 Å². The van der Waals surface area contributed by atoms with Crippen LogP contribution in [0.3, 0.4) is 0 Å². The lowest BCUT2D eigenvalue weighted by atomic mass is 10.1. The third-order valence-electron chi connectivity index (χ3n) is 8.72. The Morgan fingerprint density at radius 3 is 1.80 bits per heavy atom. The maximum Gasteiger partial charge on any atom is 0.407 e. The number of rotatable bonds is 14. The van der Waals surface area contributed by atoms with Gasteiger partial charge in [0.25, 0.3) is 5.91 Å². The van der Waals surface area contributed by atoms with E-state index in [1.165, 1.54) is 47.8 Å². The zero-order chi connectivity index (χ0) is 43.9. The minimum atomic E-state index is -3.87. The molecule has 4 N–H and O–H groups in total. The molecule has 3 amide bonds. The van der Waals surface area contributed by atoms with E-state index in [0.717, 1.165) is 16.2 Å². The summed E-state index contributed by atoms with van der Waals surface area (Å²) in [6.07, 6.45) is -0.299. The van der Waals surface area contributed by atoms with Gasteiger partial charge in [-0.2, -0.15) is 4.31 Å². The summed E-state index contributed by atoms with van der Waals surface area (Å²) in [6, 6.07) is 15.0. The zero-order valence-electron chi connectivity index (χ0n) is 34.4. The number of hydrogen-bond donors (Lipinski definition) is 4. The zero-order valence-corrected chi connectivity index (χ0v) is 37.5. The third-order valence-corrected chi connectivity index (χ3v) is 12.3. The number of hydrogen-bond acceptors (Lipinski definition) is 11. The van der Waals surface area contributed by atoms with Crippen molar-refractivity contribution in [3.8, 4) is 0 Å². The molecule has 1 fully saturated rings. The molecule has 3 aromatic carbocycles. The van der Waals surface area contributed by atoms with Crippen molar-refractivity contribution in [2.75, 3.05) is 67.1 Å². The van der Waals surface area contributed by atoms with Crippen LogP contribution in [-0.4, -0.2) is 109 Å². The molecule has 1 aliphatic heterocycles. The maximum absolute atomic E-state index is 13.8. The Morgan fingerprint density at radius 1 is 0.780 bits per heavy atom. The van der Waals surface area contributed by atoms with Gasteiger partial charge in [0, 0.05) is 80.3 Å². The first-order valence-electron chi connectivity index (χ1n) is 18.7. The van der Waals surface area contributed by atoms with Gasteiger partial charge < -0.3 is 35.6 Å². The summed E-state index contributed by atoms with van der Waals surface area (Å²) in [5.41, 5.74) is 0.298. The van der Waals surface area contributed by atoms with E-state index >= 15 is 0 Å². The van der Waals surface area contributed by atoms with E-state index < -0.39 is 55.4 Å². The molecule has 1 saturated heterocycles. The molecule has 324 valence electrons. The summed E-state index contributed by atoms with van der Waals surface area (Å²) in [5.74, 6) is -0.653. The SMILES string of the molecule is CN(c1ccc(CNC(CNC(=O)OC(C)(C)C)CNC(=O)OC(C)(C)C)cc1C(=O)Nc1ccc(S(=O)(=O)N2CCN(c3cc(Cl)cc(Cl)c3)CC2)cc1)S(C)(=O)=O. The van der Waals surface area contributed by atoms with Crippen molar-refractivity contribution in [2.24, 2.45) is 0 Å². The Hall–Kier alpha value is -4.33. The molecule has 0 unspecified atom stereocenters. The van der Waals surface area contributed by atoms with Crippen LogP contribution in [-0.2, 0) is 36.1 Å². The molecule has 3 aromatic rings. The first-order chi connectivity index (χ1) is 27.3. The molecule has 0 aliphatic carbocycles. The molecule has 0 atom stereocenters. The van der Waals surface area contributed by atoms with Crippen LogP contribution in [0.5, 0.6) is 0 Å². The molecule has 0 saturated carbocycles. The summed E-state index contributed by atoms with van der Waals surface area (Å²) in [7, 11) is -6.33. The van der Waals surface area contributed by atoms with Gasteiger partial charge in [0.1, 0.15) is 11.2 Å². The first-order valence-corrected chi connectivity index (χ1v) is 22.7. The lowest BCUT2D eigenvalue weighted by Gasteiger charge is -2.35. The lowest BCUT2D eigenvalue weighted by molar-refractivity contribution is 0.0514. The summed E-state index contributed by atoms with van der Waals surface area (Å²) < 4.78 is 65.4. The van der Waals surface area contributed by atoms with Gasteiger partial charge in [0.15, 0.2) is 0 Å². The Balaban J connectivity index is 1.49. The number of ether oxygens (including phenoxy) is 2. The highest BCUT2D eigenvalue weighted by molar-refractivity contribution is 7.92. The van der Waals surface area contributed by atoms with Crippen molar-refractivity contribution in [3.05, 3.63) is 81.8 Å². The molecular weight excluding hydrogens is 846 g/mol. The largest absolute Gasteiger partial charge is 0.444 e. The van der Waals surface area contributed by atoms with Crippen LogP contribution in [0, 0.1) is 0 Å². The summed E-state index contributed by atoms with van der Waals surface area (Å²) in [5, 5.41) is 12.3. The number of benzene rings is 3. The van der Waals surface area contributed by atoms with E-state index in [1.807, 2.05) is 4.90 Å². The Bertz CT molecular complexity index is 2150. The number of sulfonamides is 2. The number of amides is 3. The second-order valence-electron chi connectivity index (χ2n) is 15.9. The third kappa shape index (κ3) is 14.4. The summed E-state index contributed by atoms with van der Waals surface area (Å²) in [6.45, 7) is 11.9. The van der Waals surface area contributed by atoms with Crippen LogP contribution >= 0.6 is 23.2 Å². The Labute approximate surface area is 357 Å². The molecule has 1 aliphatic rings. The average Bonchev–Trinajstić information content (AvgIpc) is 3.12. The monoisotopic (exact) mass is 897 g/mol. The quantitative estimate of drug-likeness (QED) is 0.156. The average molecular weight is 899 g/mol. The molecule has 0 bridgehead atoms. The van der Waals surface area contributed by atoms with Crippen LogP contribution in [0.1, 0.15) is 57.5 Å². The number of carbonyl (C=O) groups is 3. The van der Waals surface area contributed by atoms with Gasteiger partial charge in [0.2, 0.25) is 20.0 Å². The molecular formula is C39H53Cl2N7O9S2. The van der Waals surface area contributed by atoms with Gasteiger partial charge >= 0.3 is 12.2 Å². The van der Waals surface area contributed by atoms with Crippen LogP contribution in [0.2, 0.25) is 10.0 Å². The van der Waals surface area contributed by atoms with Crippen LogP contribution < -0.4 is 30.5 Å². The van der Waals surface area contributed by atoms with Gasteiger partial charge in [0.05, 0.1) is 22.4 Å². The van der Waals surface area contributed by atoms with Crippen molar-refractivity contribution in [1.82, 2.24) is 20.3 Å². The van der Waals surface area contributed by atoms with Gasteiger partial charge in [-0.15, -0.1) is 0 Å². The van der Waals surface area contributed by atoms with E-state index in [9.17, 15) is 31.2 Å². The highest BCUT2D eigenvalue weighted by Gasteiger charge is 2.29. The van der Waals surface area contributed by atoms with Gasteiger partial charge in [-0.3, -0.25) is 9.10 Å². The van der Waals surface area contributed by atoms with E-state index in [-0.39, 0.29) is 54.6 Å². The fraction of sp³-hybridized carbons (Fsp3) is 0.462. The van der Waals surface area contributed by atoms with E-state index in [0.29, 0.717) is 28.7 Å². The Morgan fingerprint density at radius 2 is 1.31 bits per heavy atom. The van der Waals surface area contributed by atoms with E-state index in [4.69, 9.17) is 32.7 Å². The molecule has 4 rings (SSSR count). The summed E-state index contributed by atoms with van der Waals surface area (Å²) in [4.78, 5) is 40.7. The van der Waals surface area contributed by atoms with Crippen LogP contribution in [0.15, 0.2) is 65.6 Å². The number of nitrogens with zero attached hydrogens (tertiary/aromatic N) is 3. The number of halogens is 2. The molecule has 1 heterocycles. The predicted molar refractivity (Wildman–Crippen MR) is 231 cm³/mol. The molecule has 20 heteroatoms. The number of anilines is 3. The molecule has 16 nitrogen and oxygen atoms in total. The molecule has 0 aromatic heterocycles. The topological polar surface area (TPSA) is 196 Å². The van der Waals surface area contributed by atoms with Gasteiger partial charge in [-0.25, -0.2) is 26.4 Å². The summed E-state index contributed by atoms with van der Waals surface area (Å²) >= 11 is 12.3. The maximum atomic E-state index is 13.8. The predicted octanol–water partition coefficient (Wildman–Crippen LogP) is 5.66. The second-order valence-corrected chi connectivity index (χ2v) is 20.7. The van der Waals surface area contributed by atoms with Crippen molar-refractivity contribution in [1.29, 1.82) is 0 Å². The van der Waals surface area contributed by atoms with E-state index in [1.54, 1.807) is 65.8 Å². The van der Waals surface area contributed by atoms with Gasteiger partial charge in [-0.05, 0) is 102 Å². The standard InChI is InChI=1S/C39H53Cl2N7O9S2/c1-38(2,3)56-36(50)43-24-30(25-44-37(51)57-39(4,5)6)42-23-26-9-14-34(46(7)58(8,52)53)33(19-26)35(49)45-29-10-12-32(13-11-29)59(54,55)48-17-15-47(16-18-48)31-21-27(40)20-28(41)22-31/h9-14,19-22,30,42H,15-18,23-25H2,1-8H3,(H,43,50)(H,44,51)(H,45,49). The van der Waals surface area contributed by atoms with E-state index in [2.05, 4.69) is 21.3 Å². The lowest BCUT2D eigenvalue weighted by Crippen LogP contribution is -2.49. The number of nitrogens with one attached hydrogen (secondary N) is 4. The van der Waals surface area contributed by atoms with Crippen molar-refractivity contribution in [3.63, 3.8) is 0 Å². The van der Waals surface area contributed by atoms with Crippen molar-refractivity contribution < 1.29 is 40.7 Å². The minimum Gasteiger partial charge on any atom is -0.444 e. The van der Waals surface area contributed by atoms with Crippen molar-refractivity contribution >= 4 is 78.4 Å². The van der Waals surface area contributed by atoms with Gasteiger partial charge in [-0.1, -0.05) is 29.3 Å². The number of piperazine rings is 1. The number of carbonyl (C=O) groups excluding carboxylic acids is 3. The molecule has 0 radical (unpaired) electrons. The molecule has 59 heavy (non-hydrogen) atoms. The fourth-order valence-corrected chi connectivity index (χ4v) is 8.27.